The minimum absolute atomic E-state index is 0.0890. The van der Waals surface area contributed by atoms with E-state index in [2.05, 4.69) is 10.6 Å². The number of allylic oxidation sites excluding steroid dienone is 2. The van der Waals surface area contributed by atoms with Crippen molar-refractivity contribution < 1.29 is 29.0 Å². The molecule has 3 fully saturated rings. The van der Waals surface area contributed by atoms with Gasteiger partial charge in [0.05, 0.1) is 30.3 Å². The number of carbonyl (C=O) groups is 4. The summed E-state index contributed by atoms with van der Waals surface area (Å²) in [6, 6.07) is 7.27. The van der Waals surface area contributed by atoms with Crippen LogP contribution in [0.3, 0.4) is 0 Å². The lowest BCUT2D eigenvalue weighted by Gasteiger charge is -2.44. The van der Waals surface area contributed by atoms with E-state index in [4.69, 9.17) is 9.84 Å². The molecule has 0 bridgehead atoms. The molecular weight excluding hydrogens is 388 g/mol. The van der Waals surface area contributed by atoms with Crippen molar-refractivity contribution in [3.8, 4) is 5.75 Å². The summed E-state index contributed by atoms with van der Waals surface area (Å²) >= 11 is 0. The third kappa shape index (κ3) is 2.78. The van der Waals surface area contributed by atoms with E-state index >= 15 is 0 Å². The highest BCUT2D eigenvalue weighted by Crippen LogP contribution is 2.55. The molecule has 8 nitrogen and oxygen atoms in total. The van der Waals surface area contributed by atoms with E-state index in [1.165, 1.54) is 0 Å². The summed E-state index contributed by atoms with van der Waals surface area (Å²) in [7, 11) is 0. The van der Waals surface area contributed by atoms with E-state index in [1.807, 2.05) is 18.2 Å². The van der Waals surface area contributed by atoms with Gasteiger partial charge in [0.25, 0.3) is 0 Å². The Kier molecular flexibility index (Phi) is 4.47. The molecule has 156 valence electrons. The van der Waals surface area contributed by atoms with Gasteiger partial charge in [-0.3, -0.25) is 29.8 Å². The summed E-state index contributed by atoms with van der Waals surface area (Å²) in [5.74, 6) is -3.05. The van der Waals surface area contributed by atoms with Crippen molar-refractivity contribution in [2.45, 2.75) is 18.8 Å². The zero-order chi connectivity index (χ0) is 21.0. The number of hydrogen-bond acceptors (Lipinski definition) is 6. The van der Waals surface area contributed by atoms with Crippen LogP contribution in [-0.4, -0.2) is 41.9 Å². The number of rotatable bonds is 4. The Hall–Kier alpha value is -3.00. The molecule has 6 atom stereocenters. The fourth-order valence-electron chi connectivity index (χ4n) is 5.72. The number of benzene rings is 1. The van der Waals surface area contributed by atoms with Crippen LogP contribution in [0.1, 0.15) is 24.3 Å². The van der Waals surface area contributed by atoms with E-state index in [9.17, 15) is 19.2 Å². The Labute approximate surface area is 172 Å². The van der Waals surface area contributed by atoms with Gasteiger partial charge in [0.2, 0.25) is 23.6 Å². The second kappa shape index (κ2) is 7.05. The zero-order valence-electron chi connectivity index (χ0n) is 16.2. The van der Waals surface area contributed by atoms with Crippen LogP contribution >= 0.6 is 0 Å². The van der Waals surface area contributed by atoms with Crippen LogP contribution in [0, 0.1) is 29.6 Å². The number of ether oxygens (including phenoxy) is 1. The summed E-state index contributed by atoms with van der Waals surface area (Å²) in [6.45, 7) is 0.0954. The Morgan fingerprint density at radius 2 is 1.53 bits per heavy atom. The standard InChI is InChI=1S/C22H22N2O6/c25-7-8-30-11-3-1-10(2-4-11)16-12-5-6-13-17(21(28)23-19(13)26)14(12)9-15-18(16)22(29)24-20(15)27/h1-5,13-18,25H,6-9H2,(H,23,26,28)(H,24,27,29)/t13-,14+,15+,16-,17-,18+/m0/s1. The van der Waals surface area contributed by atoms with Gasteiger partial charge in [-0.1, -0.05) is 23.8 Å². The average molecular weight is 410 g/mol. The van der Waals surface area contributed by atoms with E-state index in [-0.39, 0.29) is 48.7 Å². The highest BCUT2D eigenvalue weighted by atomic mass is 16.5. The minimum Gasteiger partial charge on any atom is -0.491 e. The first kappa shape index (κ1) is 19.0. The average Bonchev–Trinajstić information content (AvgIpc) is 3.20. The van der Waals surface area contributed by atoms with E-state index in [0.29, 0.717) is 18.6 Å². The predicted molar refractivity (Wildman–Crippen MR) is 103 cm³/mol. The van der Waals surface area contributed by atoms with Crippen molar-refractivity contribution in [3.63, 3.8) is 0 Å². The van der Waals surface area contributed by atoms with Gasteiger partial charge < -0.3 is 9.84 Å². The molecule has 0 aromatic heterocycles. The number of fused-ring (bicyclic) bond motifs is 4. The molecule has 2 saturated heterocycles. The van der Waals surface area contributed by atoms with Gasteiger partial charge in [0, 0.05) is 5.92 Å². The number of imide groups is 2. The van der Waals surface area contributed by atoms with Gasteiger partial charge in [-0.25, -0.2) is 0 Å². The van der Waals surface area contributed by atoms with Crippen LogP contribution in [0.4, 0.5) is 0 Å². The SMILES string of the molecule is O=C1NC(=O)[C@H]2CC=C3[C@@H](C[C@H]4C(=O)NC(=O)[C@H]4[C@H]3c3ccc(OCCO)cc3)[C@@H]12. The number of aliphatic hydroxyl groups is 1. The largest absolute Gasteiger partial charge is 0.491 e. The van der Waals surface area contributed by atoms with Gasteiger partial charge in [-0.05, 0) is 36.5 Å². The molecule has 0 radical (unpaired) electrons. The molecule has 4 aliphatic rings. The normalized spacial score (nSPS) is 34.5. The highest BCUT2D eigenvalue weighted by molar-refractivity contribution is 6.07. The van der Waals surface area contributed by atoms with Crippen LogP contribution in [0.15, 0.2) is 35.9 Å². The summed E-state index contributed by atoms with van der Waals surface area (Å²) in [6.07, 6.45) is 2.84. The van der Waals surface area contributed by atoms with Gasteiger partial charge in [0.15, 0.2) is 0 Å². The second-order valence-electron chi connectivity index (χ2n) is 8.37. The Morgan fingerprint density at radius 1 is 0.867 bits per heavy atom. The monoisotopic (exact) mass is 410 g/mol. The van der Waals surface area contributed by atoms with Crippen molar-refractivity contribution in [1.82, 2.24) is 10.6 Å². The van der Waals surface area contributed by atoms with Crippen molar-refractivity contribution in [2.75, 3.05) is 13.2 Å². The van der Waals surface area contributed by atoms with Crippen molar-refractivity contribution in [3.05, 3.63) is 41.5 Å². The minimum atomic E-state index is -0.527. The van der Waals surface area contributed by atoms with Crippen molar-refractivity contribution in [2.24, 2.45) is 29.6 Å². The molecular formula is C22H22N2O6. The molecule has 8 heteroatoms. The first-order valence-electron chi connectivity index (χ1n) is 10.2. The maximum atomic E-state index is 12.7. The molecule has 1 aromatic carbocycles. The molecule has 0 unspecified atom stereocenters. The zero-order valence-corrected chi connectivity index (χ0v) is 16.2. The van der Waals surface area contributed by atoms with Crippen LogP contribution < -0.4 is 15.4 Å². The molecule has 4 amide bonds. The first-order valence-corrected chi connectivity index (χ1v) is 10.2. The molecule has 2 aliphatic carbocycles. The Balaban J connectivity index is 1.56. The van der Waals surface area contributed by atoms with E-state index in [1.54, 1.807) is 12.1 Å². The molecule has 2 aliphatic heterocycles. The van der Waals surface area contributed by atoms with Gasteiger partial charge in [0.1, 0.15) is 12.4 Å². The summed E-state index contributed by atoms with van der Waals surface area (Å²) in [5, 5.41) is 13.8. The molecule has 3 N–H and O–H groups in total. The Morgan fingerprint density at radius 3 is 2.23 bits per heavy atom. The summed E-state index contributed by atoms with van der Waals surface area (Å²) in [5.41, 5.74) is 1.83. The topological polar surface area (TPSA) is 122 Å². The first-order chi connectivity index (χ1) is 14.5. The smallest absolute Gasteiger partial charge is 0.231 e. The lowest BCUT2D eigenvalue weighted by molar-refractivity contribution is -0.128. The number of carbonyl (C=O) groups excluding carboxylic acids is 4. The van der Waals surface area contributed by atoms with Crippen LogP contribution in [0.2, 0.25) is 0 Å². The highest BCUT2D eigenvalue weighted by Gasteiger charge is 2.58. The molecule has 5 rings (SSSR count). The second-order valence-corrected chi connectivity index (χ2v) is 8.37. The fraction of sp³-hybridized carbons (Fsp3) is 0.455. The maximum Gasteiger partial charge on any atom is 0.231 e. The maximum absolute atomic E-state index is 12.7. The quantitative estimate of drug-likeness (QED) is 0.484. The molecule has 0 spiro atoms. The summed E-state index contributed by atoms with van der Waals surface area (Å²) in [4.78, 5) is 49.9. The fourth-order valence-corrected chi connectivity index (χ4v) is 5.72. The van der Waals surface area contributed by atoms with Crippen LogP contribution in [0.25, 0.3) is 0 Å². The molecule has 30 heavy (non-hydrogen) atoms. The number of aliphatic hydroxyl groups excluding tert-OH is 1. The van der Waals surface area contributed by atoms with E-state index < -0.39 is 23.7 Å². The van der Waals surface area contributed by atoms with Crippen molar-refractivity contribution >= 4 is 23.6 Å². The summed E-state index contributed by atoms with van der Waals surface area (Å²) < 4.78 is 5.42. The number of hydrogen-bond donors (Lipinski definition) is 3. The van der Waals surface area contributed by atoms with Gasteiger partial charge >= 0.3 is 0 Å². The van der Waals surface area contributed by atoms with Crippen LogP contribution in [-0.2, 0) is 19.2 Å². The van der Waals surface area contributed by atoms with Crippen molar-refractivity contribution in [1.29, 1.82) is 0 Å². The predicted octanol–water partition coefficient (Wildman–Crippen LogP) is 0.269. The third-order valence-electron chi connectivity index (χ3n) is 6.93. The molecule has 1 saturated carbocycles. The van der Waals surface area contributed by atoms with E-state index in [0.717, 1.165) is 11.1 Å². The van der Waals surface area contributed by atoms with Gasteiger partial charge in [-0.2, -0.15) is 0 Å². The lowest BCUT2D eigenvalue weighted by atomic mass is 9.57. The van der Waals surface area contributed by atoms with Gasteiger partial charge in [-0.15, -0.1) is 0 Å². The van der Waals surface area contributed by atoms with Crippen LogP contribution in [0.5, 0.6) is 5.75 Å². The third-order valence-corrected chi connectivity index (χ3v) is 6.93. The Bertz CT molecular complexity index is 968. The molecule has 2 heterocycles. The number of amides is 4. The number of nitrogens with one attached hydrogen (secondary N) is 2. The lowest BCUT2D eigenvalue weighted by Crippen LogP contribution is -2.42. The molecule has 1 aromatic rings.